The molecule has 1 heteroatoms. The topological polar surface area (TPSA) is 0 Å². The second kappa shape index (κ2) is 11.4. The molecule has 0 fully saturated rings. The van der Waals surface area contributed by atoms with E-state index in [9.17, 15) is 0 Å². The summed E-state index contributed by atoms with van der Waals surface area (Å²) in [7, 11) is 2.75. The lowest BCUT2D eigenvalue weighted by Crippen LogP contribution is -1.91. The van der Waals surface area contributed by atoms with Crippen LogP contribution in [0.2, 0.25) is 0 Å². The maximum Gasteiger partial charge on any atom is -0.0149 e. The molecule has 0 aliphatic rings. The van der Waals surface area contributed by atoms with Crippen molar-refractivity contribution in [2.24, 2.45) is 0 Å². The maximum atomic E-state index is 2.75. The van der Waals surface area contributed by atoms with Crippen molar-refractivity contribution >= 4 is 9.24 Å². The molecule has 0 bridgehead atoms. The van der Waals surface area contributed by atoms with E-state index >= 15 is 0 Å². The monoisotopic (exact) mass is 314 g/mol. The molecule has 0 amide bonds. The van der Waals surface area contributed by atoms with Crippen LogP contribution in [0.5, 0.6) is 0 Å². The molecule has 0 aliphatic heterocycles. The van der Waals surface area contributed by atoms with Gasteiger partial charge in [-0.2, -0.15) is 0 Å². The highest BCUT2D eigenvalue weighted by Gasteiger charge is 2.06. The van der Waals surface area contributed by atoms with Crippen molar-refractivity contribution in [2.45, 2.75) is 52.4 Å². The van der Waals surface area contributed by atoms with Gasteiger partial charge >= 0.3 is 0 Å². The van der Waals surface area contributed by atoms with Crippen molar-refractivity contribution in [1.82, 2.24) is 0 Å². The highest BCUT2D eigenvalue weighted by Crippen LogP contribution is 2.28. The number of unbranched alkanes of at least 4 members (excludes halogenated alkanes) is 3. The Morgan fingerprint density at radius 1 is 0.818 bits per heavy atom. The molecule has 0 heterocycles. The third-order valence-corrected chi connectivity index (χ3v) is 4.13. The normalized spacial score (nSPS) is 10.2. The molecule has 0 aromatic heterocycles. The number of hydrogen-bond acceptors (Lipinski definition) is 0. The van der Waals surface area contributed by atoms with Crippen LogP contribution in [0, 0.1) is 0 Å². The molecule has 2 aromatic carbocycles. The van der Waals surface area contributed by atoms with E-state index in [1.807, 2.05) is 0 Å². The first-order valence-electron chi connectivity index (χ1n) is 8.55. The van der Waals surface area contributed by atoms with Gasteiger partial charge in [-0.3, -0.25) is 0 Å². The van der Waals surface area contributed by atoms with Gasteiger partial charge < -0.3 is 0 Å². The van der Waals surface area contributed by atoms with E-state index in [1.54, 1.807) is 0 Å². The predicted octanol–water partition coefficient (Wildman–Crippen LogP) is 6.92. The van der Waals surface area contributed by atoms with E-state index in [-0.39, 0.29) is 0 Å². The van der Waals surface area contributed by atoms with Crippen molar-refractivity contribution in [3.05, 3.63) is 60.2 Å². The van der Waals surface area contributed by atoms with Crippen molar-refractivity contribution in [3.8, 4) is 11.1 Å². The Kier molecular flexibility index (Phi) is 9.84. The van der Waals surface area contributed by atoms with Crippen LogP contribution in [0.3, 0.4) is 0 Å². The van der Waals surface area contributed by atoms with Gasteiger partial charge in [-0.25, -0.2) is 0 Å². The summed E-state index contributed by atoms with van der Waals surface area (Å²) in [6, 6.07) is 19.2. The molecule has 0 N–H and O–H groups in total. The minimum Gasteiger partial charge on any atom is -0.138 e. The molecule has 120 valence electrons. The fourth-order valence-corrected chi connectivity index (χ4v) is 2.74. The third-order valence-electron chi connectivity index (χ3n) is 3.73. The van der Waals surface area contributed by atoms with Crippen LogP contribution in [0.15, 0.2) is 54.6 Å². The molecule has 1 unspecified atom stereocenters. The molecule has 0 radical (unpaired) electrons. The zero-order valence-electron chi connectivity index (χ0n) is 14.4. The fraction of sp³-hybridized carbons (Fsp3) is 0.429. The molecular formula is C21H31P. The summed E-state index contributed by atoms with van der Waals surface area (Å²) in [5.41, 5.74) is 4.08. The van der Waals surface area contributed by atoms with Gasteiger partial charge in [-0.1, -0.05) is 94.6 Å². The standard InChI is InChI=1S/C15H16.C6H15P/c1-12(2)14-10-6-7-11-15(14)13-8-4-3-5-9-13;1-2-3-4-5-6-7/h3-12H,1-2H3;2-7H2,1H3. The van der Waals surface area contributed by atoms with Gasteiger partial charge in [0.1, 0.15) is 0 Å². The van der Waals surface area contributed by atoms with Gasteiger partial charge in [0.25, 0.3) is 0 Å². The summed E-state index contributed by atoms with van der Waals surface area (Å²) in [6.45, 7) is 6.71. The molecule has 0 spiro atoms. The van der Waals surface area contributed by atoms with E-state index in [0.717, 1.165) is 0 Å². The van der Waals surface area contributed by atoms with Gasteiger partial charge in [0.15, 0.2) is 0 Å². The average Bonchev–Trinajstić information content (AvgIpc) is 2.57. The van der Waals surface area contributed by atoms with Gasteiger partial charge in [-0.15, -0.1) is 9.24 Å². The van der Waals surface area contributed by atoms with Crippen LogP contribution in [0.25, 0.3) is 11.1 Å². The molecular weight excluding hydrogens is 283 g/mol. The van der Waals surface area contributed by atoms with Gasteiger partial charge in [0.2, 0.25) is 0 Å². The van der Waals surface area contributed by atoms with E-state index in [2.05, 4.69) is 84.6 Å². The first-order chi connectivity index (χ1) is 10.7. The SMILES string of the molecule is CC(C)c1ccccc1-c1ccccc1.CCCCCCP. The van der Waals surface area contributed by atoms with Crippen LogP contribution in [-0.4, -0.2) is 6.16 Å². The molecule has 0 saturated heterocycles. The zero-order valence-corrected chi connectivity index (χ0v) is 15.5. The van der Waals surface area contributed by atoms with Gasteiger partial charge in [-0.05, 0) is 35.2 Å². The van der Waals surface area contributed by atoms with Crippen molar-refractivity contribution in [1.29, 1.82) is 0 Å². The van der Waals surface area contributed by atoms with Crippen LogP contribution in [0.1, 0.15) is 57.9 Å². The summed E-state index contributed by atoms with van der Waals surface area (Å²) >= 11 is 0. The summed E-state index contributed by atoms with van der Waals surface area (Å²) in [4.78, 5) is 0. The highest BCUT2D eigenvalue weighted by molar-refractivity contribution is 7.16. The zero-order chi connectivity index (χ0) is 16.2. The summed E-state index contributed by atoms with van der Waals surface area (Å²) in [6.07, 6.45) is 6.84. The van der Waals surface area contributed by atoms with E-state index in [1.165, 1.54) is 48.5 Å². The lowest BCUT2D eigenvalue weighted by Gasteiger charge is -2.12. The molecule has 2 aromatic rings. The van der Waals surface area contributed by atoms with Crippen LogP contribution in [0.4, 0.5) is 0 Å². The van der Waals surface area contributed by atoms with Crippen molar-refractivity contribution < 1.29 is 0 Å². The van der Waals surface area contributed by atoms with Crippen LogP contribution >= 0.6 is 9.24 Å². The Morgan fingerprint density at radius 3 is 2.05 bits per heavy atom. The first-order valence-corrected chi connectivity index (χ1v) is 9.36. The lowest BCUT2D eigenvalue weighted by atomic mass is 9.93. The minimum atomic E-state index is 0.571. The van der Waals surface area contributed by atoms with E-state index in [4.69, 9.17) is 0 Å². The molecule has 0 nitrogen and oxygen atoms in total. The summed E-state index contributed by atoms with van der Waals surface area (Å²) in [5, 5.41) is 0. The summed E-state index contributed by atoms with van der Waals surface area (Å²) in [5.74, 6) is 0.571. The Morgan fingerprint density at radius 2 is 1.45 bits per heavy atom. The minimum absolute atomic E-state index is 0.571. The smallest absolute Gasteiger partial charge is 0.0149 e. The molecule has 22 heavy (non-hydrogen) atoms. The number of benzene rings is 2. The van der Waals surface area contributed by atoms with E-state index in [0.29, 0.717) is 5.92 Å². The second-order valence-electron chi connectivity index (χ2n) is 5.96. The largest absolute Gasteiger partial charge is 0.138 e. The molecule has 1 atom stereocenters. The summed E-state index contributed by atoms with van der Waals surface area (Å²) < 4.78 is 0. The Labute approximate surface area is 139 Å². The lowest BCUT2D eigenvalue weighted by molar-refractivity contribution is 0.706. The van der Waals surface area contributed by atoms with Crippen LogP contribution < -0.4 is 0 Å². The Balaban J connectivity index is 0.000000295. The number of rotatable bonds is 6. The number of hydrogen-bond donors (Lipinski definition) is 0. The van der Waals surface area contributed by atoms with Gasteiger partial charge in [0.05, 0.1) is 0 Å². The quantitative estimate of drug-likeness (QED) is 0.401. The Bertz CT molecular complexity index is 498. The third kappa shape index (κ3) is 6.75. The predicted molar refractivity (Wildman–Crippen MR) is 105 cm³/mol. The van der Waals surface area contributed by atoms with Crippen molar-refractivity contribution in [3.63, 3.8) is 0 Å². The maximum absolute atomic E-state index is 2.75. The average molecular weight is 314 g/mol. The molecule has 0 saturated carbocycles. The van der Waals surface area contributed by atoms with Crippen molar-refractivity contribution in [2.75, 3.05) is 6.16 Å². The van der Waals surface area contributed by atoms with E-state index < -0.39 is 0 Å². The highest BCUT2D eigenvalue weighted by atomic mass is 31.0. The van der Waals surface area contributed by atoms with Gasteiger partial charge in [0, 0.05) is 0 Å². The Hall–Kier alpha value is -1.13. The molecule has 0 aliphatic carbocycles. The second-order valence-corrected chi connectivity index (χ2v) is 6.53. The fourth-order valence-electron chi connectivity index (χ4n) is 2.45. The van der Waals surface area contributed by atoms with Crippen LogP contribution in [-0.2, 0) is 0 Å². The molecule has 2 rings (SSSR count). The first kappa shape index (κ1) is 18.9.